The zero-order valence-corrected chi connectivity index (χ0v) is 13.0. The summed E-state index contributed by atoms with van der Waals surface area (Å²) in [7, 11) is 0. The SMILES string of the molecule is Cc1nc(NCCC2=CCCCC2)c2cc(C)sc2n1. The molecule has 0 aromatic carbocycles. The van der Waals surface area contributed by atoms with Gasteiger partial charge >= 0.3 is 0 Å². The lowest BCUT2D eigenvalue weighted by molar-refractivity contribution is 0.679. The van der Waals surface area contributed by atoms with Crippen LogP contribution in [0.3, 0.4) is 0 Å². The Morgan fingerprint density at radius 3 is 2.95 bits per heavy atom. The largest absolute Gasteiger partial charge is 0.369 e. The maximum atomic E-state index is 4.56. The molecule has 0 aliphatic heterocycles. The normalized spacial score (nSPS) is 15.4. The lowest BCUT2D eigenvalue weighted by Gasteiger charge is -2.13. The molecule has 0 saturated heterocycles. The van der Waals surface area contributed by atoms with E-state index in [2.05, 4.69) is 34.4 Å². The number of hydrogen-bond acceptors (Lipinski definition) is 4. The van der Waals surface area contributed by atoms with Crippen LogP contribution in [0.25, 0.3) is 10.2 Å². The zero-order chi connectivity index (χ0) is 13.9. The first-order valence-corrected chi connectivity index (χ1v) is 8.20. The summed E-state index contributed by atoms with van der Waals surface area (Å²) in [6.07, 6.45) is 8.80. The van der Waals surface area contributed by atoms with Crippen LogP contribution >= 0.6 is 11.3 Å². The van der Waals surface area contributed by atoms with Crippen LogP contribution in [0.1, 0.15) is 42.8 Å². The predicted molar refractivity (Wildman–Crippen MR) is 86.5 cm³/mol. The molecule has 3 rings (SSSR count). The summed E-state index contributed by atoms with van der Waals surface area (Å²) in [6.45, 7) is 5.05. The second-order valence-corrected chi connectivity index (χ2v) is 6.72. The topological polar surface area (TPSA) is 37.8 Å². The fourth-order valence-corrected chi connectivity index (χ4v) is 3.68. The Bertz CT molecular complexity index is 642. The first-order valence-electron chi connectivity index (χ1n) is 7.39. The summed E-state index contributed by atoms with van der Waals surface area (Å²) < 4.78 is 0. The van der Waals surface area contributed by atoms with E-state index in [0.29, 0.717) is 0 Å². The molecular formula is C16H21N3S. The number of hydrogen-bond donors (Lipinski definition) is 1. The van der Waals surface area contributed by atoms with Crippen molar-refractivity contribution in [1.29, 1.82) is 0 Å². The highest BCUT2D eigenvalue weighted by Crippen LogP contribution is 2.28. The number of allylic oxidation sites excluding steroid dienone is 1. The Hall–Kier alpha value is -1.42. The molecule has 0 atom stereocenters. The maximum Gasteiger partial charge on any atom is 0.138 e. The predicted octanol–water partition coefficient (Wildman–Crippen LogP) is 4.61. The average molecular weight is 287 g/mol. The Morgan fingerprint density at radius 1 is 1.25 bits per heavy atom. The monoisotopic (exact) mass is 287 g/mol. The van der Waals surface area contributed by atoms with E-state index in [1.54, 1.807) is 16.9 Å². The van der Waals surface area contributed by atoms with Crippen molar-refractivity contribution in [3.8, 4) is 0 Å². The summed E-state index contributed by atoms with van der Waals surface area (Å²) in [4.78, 5) is 11.5. The number of anilines is 1. The molecule has 0 saturated carbocycles. The molecule has 2 heterocycles. The van der Waals surface area contributed by atoms with Crippen molar-refractivity contribution in [2.45, 2.75) is 46.0 Å². The van der Waals surface area contributed by atoms with E-state index in [9.17, 15) is 0 Å². The Morgan fingerprint density at radius 2 is 2.15 bits per heavy atom. The van der Waals surface area contributed by atoms with Crippen LogP contribution in [0.2, 0.25) is 0 Å². The number of aryl methyl sites for hydroxylation is 2. The molecule has 3 nitrogen and oxygen atoms in total. The third kappa shape index (κ3) is 3.01. The maximum absolute atomic E-state index is 4.56. The second-order valence-electron chi connectivity index (χ2n) is 5.48. The highest BCUT2D eigenvalue weighted by atomic mass is 32.1. The summed E-state index contributed by atoms with van der Waals surface area (Å²) in [5, 5.41) is 4.67. The van der Waals surface area contributed by atoms with Gasteiger partial charge in [0.05, 0.1) is 5.39 Å². The number of thiophene rings is 1. The first kappa shape index (κ1) is 13.6. The van der Waals surface area contributed by atoms with Gasteiger partial charge in [-0.1, -0.05) is 11.6 Å². The summed E-state index contributed by atoms with van der Waals surface area (Å²) in [5.41, 5.74) is 1.60. The number of rotatable bonds is 4. The standard InChI is InChI=1S/C16H21N3S/c1-11-10-14-15(18-12(2)19-16(14)20-11)17-9-8-13-6-4-3-5-7-13/h6,10H,3-5,7-9H2,1-2H3,(H,17,18,19). The van der Waals surface area contributed by atoms with Crippen molar-refractivity contribution in [3.63, 3.8) is 0 Å². The molecule has 0 bridgehead atoms. The third-order valence-electron chi connectivity index (χ3n) is 3.75. The molecule has 0 radical (unpaired) electrons. The minimum absolute atomic E-state index is 0.846. The molecule has 1 aliphatic rings. The molecule has 0 amide bonds. The molecule has 2 aromatic rings. The van der Waals surface area contributed by atoms with Gasteiger partial charge in [-0.3, -0.25) is 0 Å². The van der Waals surface area contributed by atoms with Crippen molar-refractivity contribution >= 4 is 27.4 Å². The summed E-state index contributed by atoms with van der Waals surface area (Å²) in [5.74, 6) is 1.84. The molecule has 0 unspecified atom stereocenters. The lowest BCUT2D eigenvalue weighted by Crippen LogP contribution is -2.07. The molecule has 0 spiro atoms. The number of fused-ring (bicyclic) bond motifs is 1. The van der Waals surface area contributed by atoms with Crippen molar-refractivity contribution in [2.75, 3.05) is 11.9 Å². The highest BCUT2D eigenvalue weighted by Gasteiger charge is 2.09. The molecular weight excluding hydrogens is 266 g/mol. The van der Waals surface area contributed by atoms with Gasteiger partial charge in [0.15, 0.2) is 0 Å². The van der Waals surface area contributed by atoms with Crippen LogP contribution in [0, 0.1) is 13.8 Å². The first-order chi connectivity index (χ1) is 9.72. The second kappa shape index (κ2) is 5.92. The minimum atomic E-state index is 0.846. The highest BCUT2D eigenvalue weighted by molar-refractivity contribution is 7.18. The number of nitrogens with one attached hydrogen (secondary N) is 1. The Kier molecular flexibility index (Phi) is 4.01. The van der Waals surface area contributed by atoms with Gasteiger partial charge < -0.3 is 5.32 Å². The van der Waals surface area contributed by atoms with Crippen molar-refractivity contribution in [2.24, 2.45) is 0 Å². The average Bonchev–Trinajstić information content (AvgIpc) is 2.80. The molecule has 1 N–H and O–H groups in total. The van der Waals surface area contributed by atoms with E-state index in [1.165, 1.54) is 30.6 Å². The molecule has 106 valence electrons. The molecule has 20 heavy (non-hydrogen) atoms. The fourth-order valence-electron chi connectivity index (χ4n) is 2.76. The zero-order valence-electron chi connectivity index (χ0n) is 12.2. The van der Waals surface area contributed by atoms with Crippen LogP contribution in [0.5, 0.6) is 0 Å². The van der Waals surface area contributed by atoms with Gasteiger partial charge in [-0.05, 0) is 52.0 Å². The van der Waals surface area contributed by atoms with E-state index < -0.39 is 0 Å². The molecule has 0 fully saturated rings. The van der Waals surface area contributed by atoms with E-state index in [-0.39, 0.29) is 0 Å². The molecule has 2 aromatic heterocycles. The van der Waals surface area contributed by atoms with Crippen LogP contribution in [-0.2, 0) is 0 Å². The lowest BCUT2D eigenvalue weighted by atomic mass is 9.97. The Balaban J connectivity index is 1.72. The van der Waals surface area contributed by atoms with Crippen molar-refractivity contribution < 1.29 is 0 Å². The van der Waals surface area contributed by atoms with Gasteiger partial charge in [0.25, 0.3) is 0 Å². The van der Waals surface area contributed by atoms with E-state index in [1.807, 2.05) is 6.92 Å². The minimum Gasteiger partial charge on any atom is -0.369 e. The Labute approximate surface area is 124 Å². The van der Waals surface area contributed by atoms with Gasteiger partial charge in [0.2, 0.25) is 0 Å². The van der Waals surface area contributed by atoms with Crippen LogP contribution in [0.4, 0.5) is 5.82 Å². The van der Waals surface area contributed by atoms with Crippen molar-refractivity contribution in [3.05, 3.63) is 28.4 Å². The smallest absolute Gasteiger partial charge is 0.138 e. The fraction of sp³-hybridized carbons (Fsp3) is 0.500. The van der Waals surface area contributed by atoms with Gasteiger partial charge in [-0.2, -0.15) is 0 Å². The number of aromatic nitrogens is 2. The van der Waals surface area contributed by atoms with Crippen LogP contribution in [0.15, 0.2) is 17.7 Å². The van der Waals surface area contributed by atoms with Gasteiger partial charge in [0, 0.05) is 11.4 Å². The van der Waals surface area contributed by atoms with Gasteiger partial charge in [0.1, 0.15) is 16.5 Å². The van der Waals surface area contributed by atoms with Gasteiger partial charge in [-0.25, -0.2) is 9.97 Å². The summed E-state index contributed by atoms with van der Waals surface area (Å²) in [6, 6.07) is 2.18. The molecule has 1 aliphatic carbocycles. The number of nitrogens with zero attached hydrogens (tertiary/aromatic N) is 2. The van der Waals surface area contributed by atoms with E-state index >= 15 is 0 Å². The van der Waals surface area contributed by atoms with Crippen LogP contribution in [-0.4, -0.2) is 16.5 Å². The quantitative estimate of drug-likeness (QED) is 0.834. The van der Waals surface area contributed by atoms with Gasteiger partial charge in [-0.15, -0.1) is 11.3 Å². The van der Waals surface area contributed by atoms with E-state index in [4.69, 9.17) is 0 Å². The van der Waals surface area contributed by atoms with Crippen LogP contribution < -0.4 is 5.32 Å². The van der Waals surface area contributed by atoms with E-state index in [0.717, 1.165) is 34.8 Å². The third-order valence-corrected chi connectivity index (χ3v) is 4.70. The van der Waals surface area contributed by atoms with Crippen molar-refractivity contribution in [1.82, 2.24) is 9.97 Å². The molecule has 4 heteroatoms. The summed E-state index contributed by atoms with van der Waals surface area (Å²) >= 11 is 1.74.